The first kappa shape index (κ1) is 27.5. The molecule has 0 aliphatic carbocycles. The van der Waals surface area contributed by atoms with Crippen molar-refractivity contribution in [2.75, 3.05) is 51.7 Å². The monoisotopic (exact) mass is 537 g/mol. The van der Waals surface area contributed by atoms with Crippen LogP contribution in [0.2, 0.25) is 0 Å². The standard InChI is InChI=1S/C26H26FN5O4.CH2O2/c1-31-9-11-32(12-10-31)13-14-35-26(34)22-23(33)21(15-17-16-29-24-20(17)3-2-8-28-24)36-25(22)30-19-6-4-18(27)5-7-19;2-1-3/h2-8,15-16,30H,9-14H2,1H3,(H,28,29);1H,(H,2,3). The summed E-state index contributed by atoms with van der Waals surface area (Å²) in [6.07, 6.45) is 4.93. The Labute approximate surface area is 223 Å². The number of halogens is 1. The number of pyridine rings is 1. The Morgan fingerprint density at radius 1 is 1.23 bits per heavy atom. The number of nitrogens with zero attached hydrogens (tertiary/aromatic N) is 3. The maximum absolute atomic E-state index is 13.4. The van der Waals surface area contributed by atoms with Gasteiger partial charge in [-0.2, -0.15) is 0 Å². The van der Waals surface area contributed by atoms with Gasteiger partial charge in [0, 0.05) is 61.8 Å². The van der Waals surface area contributed by atoms with Crippen LogP contribution in [-0.2, 0) is 23.9 Å². The van der Waals surface area contributed by atoms with Crippen molar-refractivity contribution in [2.24, 2.45) is 0 Å². The van der Waals surface area contributed by atoms with Gasteiger partial charge in [-0.05, 0) is 49.5 Å². The number of nitrogens with one attached hydrogen (secondary N) is 2. The summed E-state index contributed by atoms with van der Waals surface area (Å²) in [6, 6.07) is 9.16. The number of allylic oxidation sites excluding steroid dienone is 1. The number of hydrogen-bond acceptors (Lipinski definition) is 9. The Morgan fingerprint density at radius 3 is 2.67 bits per heavy atom. The number of esters is 1. The molecule has 0 bridgehead atoms. The number of ether oxygens (including phenoxy) is 2. The van der Waals surface area contributed by atoms with Crippen LogP contribution < -0.4 is 5.32 Å². The van der Waals surface area contributed by atoms with Gasteiger partial charge in [-0.15, -0.1) is 0 Å². The van der Waals surface area contributed by atoms with Gasteiger partial charge in [0.15, 0.2) is 11.3 Å². The number of carboxylic acid groups (broad SMARTS) is 1. The van der Waals surface area contributed by atoms with Crippen molar-refractivity contribution >= 4 is 41.0 Å². The largest absolute Gasteiger partial charge is 0.483 e. The molecule has 12 heteroatoms. The van der Waals surface area contributed by atoms with E-state index >= 15 is 0 Å². The van der Waals surface area contributed by atoms with E-state index in [4.69, 9.17) is 19.4 Å². The van der Waals surface area contributed by atoms with Gasteiger partial charge >= 0.3 is 5.97 Å². The van der Waals surface area contributed by atoms with Gasteiger partial charge < -0.3 is 29.8 Å². The molecule has 1 aromatic carbocycles. The maximum atomic E-state index is 13.4. The van der Waals surface area contributed by atoms with Crippen molar-refractivity contribution in [2.45, 2.75) is 0 Å². The van der Waals surface area contributed by atoms with Gasteiger partial charge in [-0.3, -0.25) is 14.5 Å². The van der Waals surface area contributed by atoms with Crippen LogP contribution in [0.3, 0.4) is 0 Å². The lowest BCUT2D eigenvalue weighted by Crippen LogP contribution is -2.45. The Morgan fingerprint density at radius 2 is 1.95 bits per heavy atom. The fraction of sp³-hybridized carbons (Fsp3) is 0.259. The third-order valence-corrected chi connectivity index (χ3v) is 6.20. The fourth-order valence-corrected chi connectivity index (χ4v) is 4.12. The Hall–Kier alpha value is -4.55. The van der Waals surface area contributed by atoms with E-state index in [1.54, 1.807) is 24.5 Å². The smallest absolute Gasteiger partial charge is 0.347 e. The molecule has 39 heavy (non-hydrogen) atoms. The van der Waals surface area contributed by atoms with Crippen molar-refractivity contribution in [1.82, 2.24) is 19.8 Å². The summed E-state index contributed by atoms with van der Waals surface area (Å²) in [5.41, 5.74) is 1.57. The molecule has 0 radical (unpaired) electrons. The molecule has 1 fully saturated rings. The number of aromatic amines is 1. The number of Topliss-reactive ketones (excluding diaryl/α,β-unsaturated/α-hetero) is 1. The molecule has 0 spiro atoms. The lowest BCUT2D eigenvalue weighted by Gasteiger charge is -2.32. The second kappa shape index (κ2) is 12.8. The van der Waals surface area contributed by atoms with E-state index in [1.807, 2.05) is 6.07 Å². The van der Waals surface area contributed by atoms with E-state index in [0.29, 0.717) is 23.4 Å². The minimum atomic E-state index is -0.775. The molecule has 0 atom stereocenters. The number of fused-ring (bicyclic) bond motifs is 1. The first-order chi connectivity index (χ1) is 18.9. The minimum Gasteiger partial charge on any atom is -0.483 e. The van der Waals surface area contributed by atoms with Gasteiger partial charge in [0.25, 0.3) is 6.47 Å². The molecule has 1 saturated heterocycles. The molecule has 0 unspecified atom stereocenters. The van der Waals surface area contributed by atoms with Crippen LogP contribution in [0.4, 0.5) is 10.1 Å². The van der Waals surface area contributed by atoms with E-state index in [0.717, 1.165) is 31.6 Å². The summed E-state index contributed by atoms with van der Waals surface area (Å²) in [6.45, 7) is 4.17. The molecular weight excluding hydrogens is 509 g/mol. The van der Waals surface area contributed by atoms with E-state index in [-0.39, 0.29) is 30.3 Å². The first-order valence-corrected chi connectivity index (χ1v) is 12.2. The van der Waals surface area contributed by atoms with E-state index < -0.39 is 17.6 Å². The van der Waals surface area contributed by atoms with E-state index in [2.05, 4.69) is 32.1 Å². The number of anilines is 1. The molecule has 2 aliphatic heterocycles. The van der Waals surface area contributed by atoms with Gasteiger partial charge in [0.05, 0.1) is 0 Å². The Balaban J connectivity index is 0.00000112. The van der Waals surface area contributed by atoms with Crippen molar-refractivity contribution in [3.63, 3.8) is 0 Å². The summed E-state index contributed by atoms with van der Waals surface area (Å²) < 4.78 is 24.6. The molecule has 5 rings (SSSR count). The zero-order chi connectivity index (χ0) is 27.8. The quantitative estimate of drug-likeness (QED) is 0.178. The highest BCUT2D eigenvalue weighted by Crippen LogP contribution is 2.30. The molecular formula is C27H28FN5O6. The second-order valence-electron chi connectivity index (χ2n) is 8.81. The highest BCUT2D eigenvalue weighted by Gasteiger charge is 2.37. The predicted molar refractivity (Wildman–Crippen MR) is 141 cm³/mol. The normalized spacial score (nSPS) is 17.1. The fourth-order valence-electron chi connectivity index (χ4n) is 4.12. The summed E-state index contributed by atoms with van der Waals surface area (Å²) in [5, 5.41) is 10.6. The summed E-state index contributed by atoms with van der Waals surface area (Å²) in [4.78, 5) is 46.4. The van der Waals surface area contributed by atoms with Crippen LogP contribution in [0.15, 0.2) is 66.0 Å². The zero-order valence-electron chi connectivity index (χ0n) is 21.2. The number of aromatic nitrogens is 2. The number of carbonyl (C=O) groups is 3. The summed E-state index contributed by atoms with van der Waals surface area (Å²) >= 11 is 0. The topological polar surface area (TPSA) is 137 Å². The summed E-state index contributed by atoms with van der Waals surface area (Å²) in [7, 11) is 2.07. The van der Waals surface area contributed by atoms with Crippen LogP contribution in [0.5, 0.6) is 0 Å². The minimum absolute atomic E-state index is 0.0321. The molecule has 2 aliphatic rings. The summed E-state index contributed by atoms with van der Waals surface area (Å²) in [5.74, 6) is -1.86. The lowest BCUT2D eigenvalue weighted by molar-refractivity contribution is -0.140. The molecule has 0 amide bonds. The van der Waals surface area contributed by atoms with Crippen LogP contribution >= 0.6 is 0 Å². The molecule has 3 aromatic rings. The Kier molecular flexibility index (Phi) is 9.02. The molecule has 204 valence electrons. The maximum Gasteiger partial charge on any atom is 0.347 e. The number of H-pyrrole nitrogens is 1. The van der Waals surface area contributed by atoms with Crippen LogP contribution in [0, 0.1) is 5.82 Å². The average molecular weight is 538 g/mol. The van der Waals surface area contributed by atoms with Gasteiger partial charge in [0.2, 0.25) is 11.7 Å². The molecule has 3 N–H and O–H groups in total. The third-order valence-electron chi connectivity index (χ3n) is 6.20. The SMILES string of the molecule is CN1CCN(CCOC(=O)C2=C(Nc3ccc(F)cc3)OC(=Cc3c[nH]c4ncccc34)C2=O)CC1.O=CO. The highest BCUT2D eigenvalue weighted by atomic mass is 19.1. The number of likely N-dealkylation sites (N-methyl/N-ethyl adjacent to an activating group) is 1. The van der Waals surface area contributed by atoms with Crippen LogP contribution in [-0.4, -0.2) is 89.5 Å². The van der Waals surface area contributed by atoms with E-state index in [1.165, 1.54) is 24.3 Å². The van der Waals surface area contributed by atoms with Gasteiger partial charge in [-0.25, -0.2) is 14.2 Å². The van der Waals surface area contributed by atoms with E-state index in [9.17, 15) is 14.0 Å². The van der Waals surface area contributed by atoms with Crippen LogP contribution in [0.1, 0.15) is 5.56 Å². The average Bonchev–Trinajstić information content (AvgIpc) is 3.47. The van der Waals surface area contributed by atoms with Crippen molar-refractivity contribution in [1.29, 1.82) is 0 Å². The zero-order valence-corrected chi connectivity index (χ0v) is 21.2. The van der Waals surface area contributed by atoms with Crippen molar-refractivity contribution in [3.8, 4) is 0 Å². The van der Waals surface area contributed by atoms with Gasteiger partial charge in [0.1, 0.15) is 18.1 Å². The number of ketones is 1. The third kappa shape index (κ3) is 6.86. The molecule has 2 aromatic heterocycles. The highest BCUT2D eigenvalue weighted by molar-refractivity contribution is 6.26. The second-order valence-corrected chi connectivity index (χ2v) is 8.81. The number of benzene rings is 1. The van der Waals surface area contributed by atoms with Gasteiger partial charge in [-0.1, -0.05) is 0 Å². The molecule has 11 nitrogen and oxygen atoms in total. The number of hydrogen-bond donors (Lipinski definition) is 3. The number of rotatable bonds is 7. The molecule has 4 heterocycles. The van der Waals surface area contributed by atoms with Crippen molar-refractivity contribution < 1.29 is 33.4 Å². The van der Waals surface area contributed by atoms with Crippen LogP contribution in [0.25, 0.3) is 17.1 Å². The predicted octanol–water partition coefficient (Wildman–Crippen LogP) is 2.46. The van der Waals surface area contributed by atoms with Crippen molar-refractivity contribution in [3.05, 3.63) is 77.4 Å². The first-order valence-electron chi connectivity index (χ1n) is 12.2. The molecule has 0 saturated carbocycles. The number of carbonyl (C=O) groups excluding carboxylic acids is 2. The Bertz CT molecular complexity index is 1390. The lowest BCUT2D eigenvalue weighted by atomic mass is 10.1. The number of piperazine rings is 1.